The minimum absolute atomic E-state index is 0.271. The molecule has 0 aliphatic carbocycles. The molecule has 1 atom stereocenters. The summed E-state index contributed by atoms with van der Waals surface area (Å²) in [5.74, 6) is 1.15. The third kappa shape index (κ3) is 4.74. The summed E-state index contributed by atoms with van der Waals surface area (Å²) in [6, 6.07) is 0. The Morgan fingerprint density at radius 1 is 1.44 bits per heavy atom. The van der Waals surface area contributed by atoms with Gasteiger partial charge in [-0.05, 0) is 46.8 Å². The Hall–Kier alpha value is -0.220. The first-order chi connectivity index (χ1) is 7.56. The molecule has 0 bridgehead atoms. The Kier molecular flexibility index (Phi) is 5.62. The molecule has 3 nitrogen and oxygen atoms in total. The van der Waals surface area contributed by atoms with Crippen LogP contribution in [0.15, 0.2) is 4.99 Å². The molecule has 1 aliphatic heterocycles. The lowest BCUT2D eigenvalue weighted by Crippen LogP contribution is -2.39. The summed E-state index contributed by atoms with van der Waals surface area (Å²) in [5, 5.41) is 4.67. The van der Waals surface area contributed by atoms with Gasteiger partial charge in [0.25, 0.3) is 0 Å². The predicted molar refractivity (Wildman–Crippen MR) is 74.4 cm³/mol. The zero-order chi connectivity index (χ0) is 12.0. The lowest BCUT2D eigenvalue weighted by atomic mass is 10.0. The number of thioether (sulfide) groups is 1. The van der Waals surface area contributed by atoms with Gasteiger partial charge in [0, 0.05) is 17.8 Å². The van der Waals surface area contributed by atoms with Crippen molar-refractivity contribution in [2.75, 3.05) is 32.9 Å². The van der Waals surface area contributed by atoms with Crippen LogP contribution in [0.4, 0.5) is 0 Å². The zero-order valence-electron chi connectivity index (χ0n) is 11.0. The van der Waals surface area contributed by atoms with Crippen molar-refractivity contribution < 1.29 is 0 Å². The average Bonchev–Trinajstić information content (AvgIpc) is 2.61. The van der Waals surface area contributed by atoms with Gasteiger partial charge in [0.1, 0.15) is 0 Å². The number of aliphatic imine (C=N–C) groups is 1. The van der Waals surface area contributed by atoms with E-state index in [0.29, 0.717) is 0 Å². The van der Waals surface area contributed by atoms with Gasteiger partial charge >= 0.3 is 0 Å². The first-order valence-electron chi connectivity index (χ1n) is 6.16. The molecule has 1 rings (SSSR count). The van der Waals surface area contributed by atoms with Crippen LogP contribution in [0.5, 0.6) is 0 Å². The first-order valence-corrected chi connectivity index (χ1v) is 7.14. The first kappa shape index (κ1) is 13.8. The van der Waals surface area contributed by atoms with Crippen molar-refractivity contribution in [2.45, 2.75) is 38.6 Å². The van der Waals surface area contributed by atoms with Crippen LogP contribution in [0.3, 0.4) is 0 Å². The highest BCUT2D eigenvalue weighted by molar-refractivity contribution is 8.14. The third-order valence-electron chi connectivity index (χ3n) is 2.99. The van der Waals surface area contributed by atoms with Gasteiger partial charge < -0.3 is 10.2 Å². The second-order valence-electron chi connectivity index (χ2n) is 5.03. The van der Waals surface area contributed by atoms with Crippen molar-refractivity contribution in [3.05, 3.63) is 0 Å². The van der Waals surface area contributed by atoms with E-state index in [2.05, 4.69) is 43.2 Å². The molecule has 4 heteroatoms. The lowest BCUT2D eigenvalue weighted by molar-refractivity contribution is 0.395. The number of amidine groups is 1. The van der Waals surface area contributed by atoms with Crippen molar-refractivity contribution in [2.24, 2.45) is 4.99 Å². The van der Waals surface area contributed by atoms with Crippen LogP contribution in [-0.4, -0.2) is 48.5 Å². The number of hydrogen-bond donors (Lipinski definition) is 1. The van der Waals surface area contributed by atoms with E-state index < -0.39 is 0 Å². The van der Waals surface area contributed by atoms with Gasteiger partial charge in [-0.15, -0.1) is 0 Å². The van der Waals surface area contributed by atoms with E-state index in [-0.39, 0.29) is 5.54 Å². The highest BCUT2D eigenvalue weighted by Crippen LogP contribution is 2.25. The molecule has 0 amide bonds. The van der Waals surface area contributed by atoms with E-state index in [1.807, 2.05) is 11.8 Å². The molecule has 16 heavy (non-hydrogen) atoms. The van der Waals surface area contributed by atoms with Gasteiger partial charge in [-0.2, -0.15) is 0 Å². The van der Waals surface area contributed by atoms with Crippen molar-refractivity contribution in [1.29, 1.82) is 0 Å². The minimum Gasteiger partial charge on any atom is -0.359 e. The average molecular weight is 243 g/mol. The van der Waals surface area contributed by atoms with Crippen LogP contribution in [0.2, 0.25) is 0 Å². The number of rotatable bonds is 6. The van der Waals surface area contributed by atoms with E-state index in [1.54, 1.807) is 0 Å². The quantitative estimate of drug-likeness (QED) is 0.725. The number of hydrogen-bond acceptors (Lipinski definition) is 3. The Bertz CT molecular complexity index is 240. The van der Waals surface area contributed by atoms with Gasteiger partial charge in [0.2, 0.25) is 0 Å². The van der Waals surface area contributed by atoms with Crippen LogP contribution in [-0.2, 0) is 0 Å². The number of unbranched alkanes of at least 4 members (excludes halogenated alkanes) is 1. The molecule has 1 unspecified atom stereocenters. The molecule has 1 aliphatic rings. The van der Waals surface area contributed by atoms with E-state index >= 15 is 0 Å². The van der Waals surface area contributed by atoms with Crippen LogP contribution in [0.25, 0.3) is 0 Å². The molecule has 1 saturated heterocycles. The fourth-order valence-electron chi connectivity index (χ4n) is 1.55. The monoisotopic (exact) mass is 243 g/mol. The smallest absolute Gasteiger partial charge is 0.157 e. The van der Waals surface area contributed by atoms with E-state index in [0.717, 1.165) is 24.0 Å². The molecular formula is C12H25N3S. The molecular weight excluding hydrogens is 218 g/mol. The lowest BCUT2D eigenvalue weighted by Gasteiger charge is -2.20. The van der Waals surface area contributed by atoms with E-state index in [9.17, 15) is 0 Å². The topological polar surface area (TPSA) is 27.6 Å². The fourth-order valence-corrected chi connectivity index (χ4v) is 2.79. The normalized spacial score (nSPS) is 27.7. The maximum atomic E-state index is 4.61. The molecule has 0 saturated carbocycles. The summed E-state index contributed by atoms with van der Waals surface area (Å²) < 4.78 is 0. The standard InChI is InChI=1S/C12H25N3S/c1-5-12(2)10-16-11(14-12)13-8-6-7-9-15(3)4/h5-10H2,1-4H3,(H,13,14). The predicted octanol–water partition coefficient (Wildman–Crippen LogP) is 2.19. The summed E-state index contributed by atoms with van der Waals surface area (Å²) in [4.78, 5) is 6.84. The highest BCUT2D eigenvalue weighted by atomic mass is 32.2. The second kappa shape index (κ2) is 6.50. The van der Waals surface area contributed by atoms with Crippen molar-refractivity contribution in [3.63, 3.8) is 0 Å². The van der Waals surface area contributed by atoms with Gasteiger partial charge in [-0.25, -0.2) is 0 Å². The van der Waals surface area contributed by atoms with Crippen molar-refractivity contribution in [3.8, 4) is 0 Å². The zero-order valence-corrected chi connectivity index (χ0v) is 11.9. The molecule has 0 aromatic carbocycles. The molecule has 0 radical (unpaired) electrons. The summed E-state index contributed by atoms with van der Waals surface area (Å²) in [5.41, 5.74) is 0.271. The van der Waals surface area contributed by atoms with Crippen LogP contribution < -0.4 is 5.32 Å². The molecule has 0 aromatic heterocycles. The van der Waals surface area contributed by atoms with Gasteiger partial charge in [-0.3, -0.25) is 4.99 Å². The highest BCUT2D eigenvalue weighted by Gasteiger charge is 2.30. The largest absolute Gasteiger partial charge is 0.359 e. The summed E-state index contributed by atoms with van der Waals surface area (Å²) in [7, 11) is 4.24. The summed E-state index contributed by atoms with van der Waals surface area (Å²) >= 11 is 1.87. The second-order valence-corrected chi connectivity index (χ2v) is 5.99. The molecule has 1 N–H and O–H groups in total. The summed E-state index contributed by atoms with van der Waals surface area (Å²) in [6.07, 6.45) is 3.59. The molecule has 0 spiro atoms. The van der Waals surface area contributed by atoms with Crippen molar-refractivity contribution >= 4 is 16.9 Å². The Morgan fingerprint density at radius 3 is 2.75 bits per heavy atom. The maximum absolute atomic E-state index is 4.61. The van der Waals surface area contributed by atoms with Crippen molar-refractivity contribution in [1.82, 2.24) is 10.2 Å². The van der Waals surface area contributed by atoms with E-state index in [4.69, 9.17) is 0 Å². The van der Waals surface area contributed by atoms with Crippen LogP contribution in [0, 0.1) is 0 Å². The molecule has 1 fully saturated rings. The van der Waals surface area contributed by atoms with Crippen LogP contribution in [0.1, 0.15) is 33.1 Å². The number of nitrogens with one attached hydrogen (secondary N) is 1. The minimum atomic E-state index is 0.271. The molecule has 94 valence electrons. The van der Waals surface area contributed by atoms with Gasteiger partial charge in [0.05, 0.1) is 0 Å². The molecule has 1 heterocycles. The summed E-state index contributed by atoms with van der Waals surface area (Å²) in [6.45, 7) is 6.63. The Labute approximate surface area is 104 Å². The van der Waals surface area contributed by atoms with Crippen LogP contribution >= 0.6 is 11.8 Å². The van der Waals surface area contributed by atoms with Gasteiger partial charge in [0.15, 0.2) is 5.17 Å². The third-order valence-corrected chi connectivity index (χ3v) is 4.27. The fraction of sp³-hybridized carbons (Fsp3) is 0.917. The van der Waals surface area contributed by atoms with Gasteiger partial charge in [-0.1, -0.05) is 18.7 Å². The van der Waals surface area contributed by atoms with E-state index in [1.165, 1.54) is 19.3 Å². The maximum Gasteiger partial charge on any atom is 0.157 e. The Balaban J connectivity index is 2.17. The molecule has 0 aromatic rings. The SMILES string of the molecule is CCC1(C)CSC(=NCCCCN(C)C)N1. The Morgan fingerprint density at radius 2 is 2.19 bits per heavy atom. The number of nitrogens with zero attached hydrogens (tertiary/aromatic N) is 2.